The average Bonchev–Trinajstić information content (AvgIpc) is 2.28. The Kier molecular flexibility index (Phi) is 4.43. The Labute approximate surface area is 110 Å². The van der Waals surface area contributed by atoms with Gasteiger partial charge in [-0.05, 0) is 29.7 Å². The van der Waals surface area contributed by atoms with Gasteiger partial charge in [0.15, 0.2) is 0 Å². The van der Waals surface area contributed by atoms with Crippen molar-refractivity contribution in [2.24, 2.45) is 5.41 Å². The Hall–Kier alpha value is -2.17. The zero-order chi connectivity index (χ0) is 14.6. The molecule has 0 radical (unpaired) electrons. The summed E-state index contributed by atoms with van der Waals surface area (Å²) in [6.45, 7) is 5.76. The van der Waals surface area contributed by atoms with Crippen molar-refractivity contribution in [1.29, 1.82) is 0 Å². The van der Waals surface area contributed by atoms with Crippen LogP contribution < -0.4 is 5.32 Å². The van der Waals surface area contributed by atoms with Gasteiger partial charge >= 0.3 is 5.97 Å². The largest absolute Gasteiger partial charge is 0.478 e. The second-order valence-electron chi connectivity index (χ2n) is 5.19. The Morgan fingerprint density at radius 2 is 1.95 bits per heavy atom. The lowest BCUT2D eigenvalue weighted by Gasteiger charge is -2.11. The van der Waals surface area contributed by atoms with Crippen LogP contribution in [0.1, 0.15) is 31.1 Å². The van der Waals surface area contributed by atoms with E-state index in [1.54, 1.807) is 6.08 Å². The second-order valence-corrected chi connectivity index (χ2v) is 5.19. The normalized spacial score (nSPS) is 11.6. The van der Waals surface area contributed by atoms with Crippen LogP contribution in [0, 0.1) is 11.2 Å². The molecule has 5 heteroatoms. The lowest BCUT2D eigenvalue weighted by Crippen LogP contribution is -2.12. The summed E-state index contributed by atoms with van der Waals surface area (Å²) in [6.07, 6.45) is 2.98. The molecule has 2 N–H and O–H groups in total. The molecule has 0 atom stereocenters. The minimum absolute atomic E-state index is 0.0866. The van der Waals surface area contributed by atoms with Crippen molar-refractivity contribution in [2.75, 3.05) is 5.32 Å². The number of carbonyl (C=O) groups is 2. The zero-order valence-electron chi connectivity index (χ0n) is 11.0. The molecule has 0 aliphatic carbocycles. The van der Waals surface area contributed by atoms with E-state index in [9.17, 15) is 14.0 Å². The quantitative estimate of drug-likeness (QED) is 0.825. The van der Waals surface area contributed by atoms with Crippen molar-refractivity contribution >= 4 is 17.6 Å². The van der Waals surface area contributed by atoms with E-state index in [2.05, 4.69) is 5.32 Å². The molecule has 1 rings (SSSR count). The Morgan fingerprint density at radius 3 is 2.47 bits per heavy atom. The fourth-order valence-electron chi connectivity index (χ4n) is 1.25. The number of carboxylic acid groups (broad SMARTS) is 1. The van der Waals surface area contributed by atoms with E-state index >= 15 is 0 Å². The van der Waals surface area contributed by atoms with Crippen LogP contribution >= 0.6 is 0 Å². The summed E-state index contributed by atoms with van der Waals surface area (Å²) in [5, 5.41) is 11.1. The number of aromatic carboxylic acids is 1. The summed E-state index contributed by atoms with van der Waals surface area (Å²) in [5.74, 6) is -2.36. The summed E-state index contributed by atoms with van der Waals surface area (Å²) in [7, 11) is 0. The maximum atomic E-state index is 13.4. The molecule has 0 aliphatic rings. The predicted molar refractivity (Wildman–Crippen MR) is 70.6 cm³/mol. The van der Waals surface area contributed by atoms with Gasteiger partial charge < -0.3 is 10.4 Å². The lowest BCUT2D eigenvalue weighted by atomic mass is 9.96. The van der Waals surface area contributed by atoms with Gasteiger partial charge in [0.2, 0.25) is 5.91 Å². The van der Waals surface area contributed by atoms with E-state index in [4.69, 9.17) is 5.11 Å². The van der Waals surface area contributed by atoms with Crippen molar-refractivity contribution in [2.45, 2.75) is 20.8 Å². The van der Waals surface area contributed by atoms with Crippen LogP contribution in [0.3, 0.4) is 0 Å². The Bertz CT molecular complexity index is 530. The van der Waals surface area contributed by atoms with Gasteiger partial charge in [-0.1, -0.05) is 26.8 Å². The highest BCUT2D eigenvalue weighted by molar-refractivity contribution is 6.00. The maximum Gasteiger partial charge on any atom is 0.335 e. The van der Waals surface area contributed by atoms with Crippen molar-refractivity contribution < 1.29 is 19.1 Å². The van der Waals surface area contributed by atoms with Gasteiger partial charge in [-0.2, -0.15) is 0 Å². The lowest BCUT2D eigenvalue weighted by molar-refractivity contribution is -0.112. The maximum absolute atomic E-state index is 13.4. The van der Waals surface area contributed by atoms with Crippen molar-refractivity contribution in [3.05, 3.63) is 41.7 Å². The second kappa shape index (κ2) is 5.65. The molecule has 1 amide bonds. The molecule has 0 aliphatic heterocycles. The number of carboxylic acids is 1. The fraction of sp³-hybridized carbons (Fsp3) is 0.286. The molecule has 1 aromatic rings. The molecule has 0 spiro atoms. The van der Waals surface area contributed by atoms with E-state index in [1.165, 1.54) is 6.08 Å². The van der Waals surface area contributed by atoms with E-state index < -0.39 is 17.7 Å². The number of halogens is 1. The van der Waals surface area contributed by atoms with E-state index in [-0.39, 0.29) is 16.7 Å². The third-order valence-electron chi connectivity index (χ3n) is 2.21. The summed E-state index contributed by atoms with van der Waals surface area (Å²) >= 11 is 0. The van der Waals surface area contributed by atoms with Gasteiger partial charge in [0.25, 0.3) is 0 Å². The van der Waals surface area contributed by atoms with E-state index in [0.29, 0.717) is 0 Å². The molecule has 0 bridgehead atoms. The average molecular weight is 265 g/mol. The van der Waals surface area contributed by atoms with Crippen LogP contribution in [0.2, 0.25) is 0 Å². The Balaban J connectivity index is 2.88. The molecule has 19 heavy (non-hydrogen) atoms. The predicted octanol–water partition coefficient (Wildman–Crippen LogP) is 3.06. The van der Waals surface area contributed by atoms with E-state index in [0.717, 1.165) is 18.2 Å². The molecule has 0 fully saturated rings. The van der Waals surface area contributed by atoms with Crippen LogP contribution in [0.4, 0.5) is 10.1 Å². The van der Waals surface area contributed by atoms with Crippen molar-refractivity contribution in [3.63, 3.8) is 0 Å². The molecule has 0 unspecified atom stereocenters. The number of hydrogen-bond donors (Lipinski definition) is 2. The standard InChI is InChI=1S/C14H16FNO3/c1-14(2,3)7-6-12(17)16-11-8-9(13(18)19)4-5-10(11)15/h4-8H,1-3H3,(H,16,17)(H,18,19). The molecule has 0 saturated carbocycles. The van der Waals surface area contributed by atoms with Crippen LogP contribution in [-0.2, 0) is 4.79 Å². The summed E-state index contributed by atoms with van der Waals surface area (Å²) in [5.41, 5.74) is -0.404. The number of rotatable bonds is 3. The van der Waals surface area contributed by atoms with Gasteiger partial charge in [-0.25, -0.2) is 9.18 Å². The van der Waals surface area contributed by atoms with Crippen LogP contribution in [0.15, 0.2) is 30.4 Å². The summed E-state index contributed by atoms with van der Waals surface area (Å²) in [4.78, 5) is 22.3. The van der Waals surface area contributed by atoms with E-state index in [1.807, 2.05) is 20.8 Å². The first-order chi connectivity index (χ1) is 8.69. The number of benzene rings is 1. The third-order valence-corrected chi connectivity index (χ3v) is 2.21. The first-order valence-corrected chi connectivity index (χ1v) is 5.72. The number of nitrogens with one attached hydrogen (secondary N) is 1. The smallest absolute Gasteiger partial charge is 0.335 e. The molecule has 4 nitrogen and oxygen atoms in total. The molecular formula is C14H16FNO3. The number of allylic oxidation sites excluding steroid dienone is 1. The van der Waals surface area contributed by atoms with Crippen molar-refractivity contribution in [1.82, 2.24) is 0 Å². The first kappa shape index (κ1) is 14.9. The number of anilines is 1. The summed E-state index contributed by atoms with van der Waals surface area (Å²) < 4.78 is 13.4. The van der Waals surface area contributed by atoms with Crippen LogP contribution in [-0.4, -0.2) is 17.0 Å². The fourth-order valence-corrected chi connectivity index (χ4v) is 1.25. The third kappa shape index (κ3) is 4.91. The van der Waals surface area contributed by atoms with Gasteiger partial charge in [0, 0.05) is 0 Å². The molecule has 0 aromatic heterocycles. The van der Waals surface area contributed by atoms with Gasteiger partial charge in [0.1, 0.15) is 5.82 Å². The van der Waals surface area contributed by atoms with Gasteiger partial charge in [-0.15, -0.1) is 0 Å². The SMILES string of the molecule is CC(C)(C)C=CC(=O)Nc1cc(C(=O)O)ccc1F. The highest BCUT2D eigenvalue weighted by atomic mass is 19.1. The molecule has 0 heterocycles. The highest BCUT2D eigenvalue weighted by Gasteiger charge is 2.11. The zero-order valence-corrected chi connectivity index (χ0v) is 11.0. The molecule has 0 saturated heterocycles. The number of carbonyl (C=O) groups excluding carboxylic acids is 1. The first-order valence-electron chi connectivity index (χ1n) is 5.72. The van der Waals surface area contributed by atoms with Crippen molar-refractivity contribution in [3.8, 4) is 0 Å². The minimum atomic E-state index is -1.18. The van der Waals surface area contributed by atoms with Crippen LogP contribution in [0.25, 0.3) is 0 Å². The van der Waals surface area contributed by atoms with Crippen LogP contribution in [0.5, 0.6) is 0 Å². The number of hydrogen-bond acceptors (Lipinski definition) is 2. The molecular weight excluding hydrogens is 249 g/mol. The monoisotopic (exact) mass is 265 g/mol. The van der Waals surface area contributed by atoms with Gasteiger partial charge in [-0.3, -0.25) is 4.79 Å². The highest BCUT2D eigenvalue weighted by Crippen LogP contribution is 2.17. The summed E-state index contributed by atoms with van der Waals surface area (Å²) in [6, 6.07) is 3.23. The molecule has 102 valence electrons. The molecule has 1 aromatic carbocycles. The van der Waals surface area contributed by atoms with Gasteiger partial charge in [0.05, 0.1) is 11.3 Å². The number of amides is 1. The minimum Gasteiger partial charge on any atom is -0.478 e. The Morgan fingerprint density at radius 1 is 1.32 bits per heavy atom. The topological polar surface area (TPSA) is 66.4 Å².